The second-order valence-corrected chi connectivity index (χ2v) is 7.30. The van der Waals surface area contributed by atoms with Gasteiger partial charge in [0.05, 0.1) is 13.2 Å². The first kappa shape index (κ1) is 18.5. The van der Waals surface area contributed by atoms with Crippen LogP contribution in [0.4, 0.5) is 4.39 Å². The zero-order chi connectivity index (χ0) is 19.2. The van der Waals surface area contributed by atoms with Gasteiger partial charge in [-0.1, -0.05) is 54.6 Å². The molecule has 3 aromatic carbocycles. The average molecular weight is 374 g/mol. The van der Waals surface area contributed by atoms with Crippen LogP contribution < -0.4 is 4.74 Å². The fraction of sp³-hybridized carbons (Fsp3) is 0.200. The van der Waals surface area contributed by atoms with Crippen molar-refractivity contribution in [3.63, 3.8) is 0 Å². The number of halogens is 1. The molecule has 0 aromatic heterocycles. The van der Waals surface area contributed by atoms with Crippen molar-refractivity contribution in [2.75, 3.05) is 6.61 Å². The molecule has 0 N–H and O–H groups in total. The molecule has 0 saturated heterocycles. The third-order valence-corrected chi connectivity index (χ3v) is 4.93. The molecule has 142 valence electrons. The van der Waals surface area contributed by atoms with Crippen molar-refractivity contribution in [2.24, 2.45) is 5.41 Å². The van der Waals surface area contributed by atoms with E-state index < -0.39 is 0 Å². The van der Waals surface area contributed by atoms with Gasteiger partial charge in [0, 0.05) is 5.41 Å². The Morgan fingerprint density at radius 2 is 1.61 bits per heavy atom. The van der Waals surface area contributed by atoms with E-state index in [1.165, 1.54) is 12.1 Å². The van der Waals surface area contributed by atoms with Crippen LogP contribution in [0.5, 0.6) is 11.5 Å². The van der Waals surface area contributed by atoms with Crippen LogP contribution in [0.25, 0.3) is 6.08 Å². The second-order valence-electron chi connectivity index (χ2n) is 7.30. The highest BCUT2D eigenvalue weighted by atomic mass is 19.1. The van der Waals surface area contributed by atoms with E-state index in [4.69, 9.17) is 9.47 Å². The first-order chi connectivity index (χ1) is 13.7. The highest BCUT2D eigenvalue weighted by molar-refractivity contribution is 5.50. The van der Waals surface area contributed by atoms with Crippen molar-refractivity contribution in [3.8, 4) is 11.5 Å². The third kappa shape index (κ3) is 5.08. The normalized spacial score (nSPS) is 14.9. The van der Waals surface area contributed by atoms with Crippen LogP contribution in [0.15, 0.2) is 84.9 Å². The van der Waals surface area contributed by atoms with E-state index in [9.17, 15) is 4.39 Å². The highest BCUT2D eigenvalue weighted by Crippen LogP contribution is 2.47. The lowest BCUT2D eigenvalue weighted by atomic mass is 10.1. The van der Waals surface area contributed by atoms with Crippen molar-refractivity contribution in [3.05, 3.63) is 102 Å². The quantitative estimate of drug-likeness (QED) is 0.441. The van der Waals surface area contributed by atoms with Crippen LogP contribution in [0, 0.1) is 11.2 Å². The Labute approximate surface area is 165 Å². The maximum Gasteiger partial charge on any atom is 0.127 e. The molecule has 2 nitrogen and oxygen atoms in total. The Kier molecular flexibility index (Phi) is 5.54. The minimum atomic E-state index is -0.208. The summed E-state index contributed by atoms with van der Waals surface area (Å²) in [5, 5.41) is 0. The van der Waals surface area contributed by atoms with Crippen LogP contribution in [0.3, 0.4) is 0 Å². The number of benzene rings is 3. The zero-order valence-corrected chi connectivity index (χ0v) is 15.7. The highest BCUT2D eigenvalue weighted by Gasteiger charge is 2.40. The summed E-state index contributed by atoms with van der Waals surface area (Å²) >= 11 is 0. The monoisotopic (exact) mass is 374 g/mol. The summed E-state index contributed by atoms with van der Waals surface area (Å²) < 4.78 is 24.9. The van der Waals surface area contributed by atoms with Crippen LogP contribution >= 0.6 is 0 Å². The van der Waals surface area contributed by atoms with Gasteiger partial charge >= 0.3 is 0 Å². The van der Waals surface area contributed by atoms with E-state index >= 15 is 0 Å². The SMILES string of the molecule is Fc1ccc(C=CC2(COCc3cccc(Oc4ccccc4)c3)CC2)cc1. The smallest absolute Gasteiger partial charge is 0.127 e. The number of hydrogen-bond acceptors (Lipinski definition) is 2. The lowest BCUT2D eigenvalue weighted by molar-refractivity contribution is 0.0928. The summed E-state index contributed by atoms with van der Waals surface area (Å²) in [6.07, 6.45) is 6.52. The Balaban J connectivity index is 1.30. The lowest BCUT2D eigenvalue weighted by Gasteiger charge is -2.12. The zero-order valence-electron chi connectivity index (χ0n) is 15.7. The number of hydrogen-bond donors (Lipinski definition) is 0. The molecule has 1 fully saturated rings. The predicted molar refractivity (Wildman–Crippen MR) is 110 cm³/mol. The maximum absolute atomic E-state index is 13.0. The minimum Gasteiger partial charge on any atom is -0.457 e. The molecule has 0 amide bonds. The van der Waals surface area contributed by atoms with Gasteiger partial charge in [0.15, 0.2) is 0 Å². The van der Waals surface area contributed by atoms with Crippen molar-refractivity contribution >= 4 is 6.08 Å². The van der Waals surface area contributed by atoms with E-state index in [1.54, 1.807) is 12.1 Å². The molecule has 1 aliphatic carbocycles. The van der Waals surface area contributed by atoms with Gasteiger partial charge in [0.1, 0.15) is 17.3 Å². The average Bonchev–Trinajstić information content (AvgIpc) is 3.49. The third-order valence-electron chi connectivity index (χ3n) is 4.93. The molecule has 1 aliphatic rings. The van der Waals surface area contributed by atoms with E-state index in [0.717, 1.165) is 35.5 Å². The number of ether oxygens (including phenoxy) is 2. The molecule has 0 spiro atoms. The molecule has 1 saturated carbocycles. The van der Waals surface area contributed by atoms with Gasteiger partial charge in [0.25, 0.3) is 0 Å². The molecule has 0 radical (unpaired) electrons. The molecule has 0 bridgehead atoms. The molecule has 0 heterocycles. The van der Waals surface area contributed by atoms with Gasteiger partial charge in [-0.05, 0) is 60.4 Å². The van der Waals surface area contributed by atoms with Gasteiger partial charge in [-0.15, -0.1) is 0 Å². The van der Waals surface area contributed by atoms with Crippen LogP contribution in [-0.4, -0.2) is 6.61 Å². The summed E-state index contributed by atoms with van der Waals surface area (Å²) in [6.45, 7) is 1.24. The number of para-hydroxylation sites is 1. The summed E-state index contributed by atoms with van der Waals surface area (Å²) in [4.78, 5) is 0. The lowest BCUT2D eigenvalue weighted by Crippen LogP contribution is -2.07. The van der Waals surface area contributed by atoms with Gasteiger partial charge in [-0.3, -0.25) is 0 Å². The fourth-order valence-corrected chi connectivity index (χ4v) is 3.06. The standard InChI is InChI=1S/C25H23FO2/c26-22-11-9-20(10-12-22)13-14-25(15-16-25)19-27-18-21-5-4-8-24(17-21)28-23-6-2-1-3-7-23/h1-14,17H,15-16,18-19H2. The molecule has 0 atom stereocenters. The van der Waals surface area contributed by atoms with E-state index in [-0.39, 0.29) is 11.2 Å². The molecule has 0 aliphatic heterocycles. The summed E-state index contributed by atoms with van der Waals surface area (Å²) in [5.74, 6) is 1.42. The van der Waals surface area contributed by atoms with Crippen LogP contribution in [0.2, 0.25) is 0 Å². The van der Waals surface area contributed by atoms with Crippen molar-refractivity contribution in [2.45, 2.75) is 19.4 Å². The first-order valence-electron chi connectivity index (χ1n) is 9.55. The molecule has 4 rings (SSSR count). The van der Waals surface area contributed by atoms with Gasteiger partial charge < -0.3 is 9.47 Å². The first-order valence-corrected chi connectivity index (χ1v) is 9.55. The Hall–Kier alpha value is -2.91. The van der Waals surface area contributed by atoms with Crippen LogP contribution in [0.1, 0.15) is 24.0 Å². The summed E-state index contributed by atoms with van der Waals surface area (Å²) in [6, 6.07) is 24.3. The molecule has 28 heavy (non-hydrogen) atoms. The summed E-state index contributed by atoms with van der Waals surface area (Å²) in [5.41, 5.74) is 2.22. The Morgan fingerprint density at radius 1 is 0.857 bits per heavy atom. The molecular formula is C25H23FO2. The van der Waals surface area contributed by atoms with Crippen molar-refractivity contribution in [1.82, 2.24) is 0 Å². The molecular weight excluding hydrogens is 351 g/mol. The predicted octanol–water partition coefficient (Wildman–Crippen LogP) is 6.63. The largest absolute Gasteiger partial charge is 0.457 e. The van der Waals surface area contributed by atoms with Gasteiger partial charge in [0.2, 0.25) is 0 Å². The molecule has 3 aromatic rings. The van der Waals surface area contributed by atoms with Gasteiger partial charge in [-0.2, -0.15) is 0 Å². The topological polar surface area (TPSA) is 18.5 Å². The van der Waals surface area contributed by atoms with E-state index in [2.05, 4.69) is 12.2 Å². The number of rotatable bonds is 8. The molecule has 0 unspecified atom stereocenters. The molecule has 3 heteroatoms. The van der Waals surface area contributed by atoms with Crippen LogP contribution in [-0.2, 0) is 11.3 Å². The fourth-order valence-electron chi connectivity index (χ4n) is 3.06. The Bertz CT molecular complexity index is 928. The van der Waals surface area contributed by atoms with Gasteiger partial charge in [-0.25, -0.2) is 4.39 Å². The van der Waals surface area contributed by atoms with E-state index in [0.29, 0.717) is 13.2 Å². The van der Waals surface area contributed by atoms with Crippen molar-refractivity contribution in [1.29, 1.82) is 0 Å². The minimum absolute atomic E-state index is 0.118. The summed E-state index contributed by atoms with van der Waals surface area (Å²) in [7, 11) is 0. The van der Waals surface area contributed by atoms with Crippen molar-refractivity contribution < 1.29 is 13.9 Å². The Morgan fingerprint density at radius 3 is 2.36 bits per heavy atom. The maximum atomic E-state index is 13.0. The second kappa shape index (κ2) is 8.41. The van der Waals surface area contributed by atoms with E-state index in [1.807, 2.05) is 54.6 Å².